The zero-order valence-electron chi connectivity index (χ0n) is 16.4. The second-order valence-electron chi connectivity index (χ2n) is 8.95. The summed E-state index contributed by atoms with van der Waals surface area (Å²) in [6.07, 6.45) is 2.84. The highest BCUT2D eigenvalue weighted by atomic mass is 35.5. The number of halogens is 1. The molecule has 0 saturated heterocycles. The van der Waals surface area contributed by atoms with Gasteiger partial charge in [0.25, 0.3) is 0 Å². The molecule has 0 aliphatic rings. The molecule has 0 N–H and O–H groups in total. The van der Waals surface area contributed by atoms with Crippen LogP contribution in [0.25, 0.3) is 0 Å². The van der Waals surface area contributed by atoms with Crippen molar-refractivity contribution in [2.24, 2.45) is 5.41 Å². The van der Waals surface area contributed by atoms with Gasteiger partial charge in [0.2, 0.25) is 0 Å². The molecule has 25 heavy (non-hydrogen) atoms. The van der Waals surface area contributed by atoms with Crippen LogP contribution in [0.5, 0.6) is 0 Å². The Labute approximate surface area is 158 Å². The number of rotatable bonds is 6. The summed E-state index contributed by atoms with van der Waals surface area (Å²) in [5.41, 5.74) is 4.40. The van der Waals surface area contributed by atoms with Gasteiger partial charge in [-0.25, -0.2) is 4.98 Å². The van der Waals surface area contributed by atoms with Crippen LogP contribution < -0.4 is 0 Å². The largest absolute Gasteiger partial charge is 0.302 e. The van der Waals surface area contributed by atoms with E-state index in [0.717, 1.165) is 19.5 Å². The summed E-state index contributed by atoms with van der Waals surface area (Å²) in [6.45, 7) is 13.3. The summed E-state index contributed by atoms with van der Waals surface area (Å²) >= 11 is 5.98. The van der Waals surface area contributed by atoms with Gasteiger partial charge in [0, 0.05) is 19.3 Å². The third-order valence-electron chi connectivity index (χ3n) is 4.44. The van der Waals surface area contributed by atoms with Gasteiger partial charge in [-0.2, -0.15) is 0 Å². The second kappa shape index (κ2) is 7.88. The van der Waals surface area contributed by atoms with E-state index in [-0.39, 0.29) is 10.8 Å². The number of hydrogen-bond acceptors (Lipinski definition) is 2. The number of nitrogens with zero attached hydrogens (tertiary/aromatic N) is 2. The van der Waals surface area contributed by atoms with Gasteiger partial charge in [-0.3, -0.25) is 0 Å². The maximum atomic E-state index is 5.98. The molecule has 2 rings (SSSR count). The molecule has 2 nitrogen and oxygen atoms in total. The first-order valence-electron chi connectivity index (χ1n) is 8.94. The van der Waals surface area contributed by atoms with Crippen molar-refractivity contribution >= 4 is 11.6 Å². The summed E-state index contributed by atoms with van der Waals surface area (Å²) in [7, 11) is 2.17. The Morgan fingerprint density at radius 1 is 0.960 bits per heavy atom. The molecule has 0 unspecified atom stereocenters. The lowest BCUT2D eigenvalue weighted by Crippen LogP contribution is -2.32. The summed E-state index contributed by atoms with van der Waals surface area (Å²) in [5, 5.41) is 0.559. The van der Waals surface area contributed by atoms with Crippen LogP contribution in [0.15, 0.2) is 42.6 Å². The van der Waals surface area contributed by atoms with Gasteiger partial charge in [0.05, 0.1) is 0 Å². The molecule has 0 atom stereocenters. The lowest BCUT2D eigenvalue weighted by atomic mass is 9.83. The molecule has 1 aromatic carbocycles. The highest BCUT2D eigenvalue weighted by Crippen LogP contribution is 2.27. The van der Waals surface area contributed by atoms with Crippen molar-refractivity contribution in [3.8, 4) is 0 Å². The van der Waals surface area contributed by atoms with Crippen LogP contribution in [-0.4, -0.2) is 23.5 Å². The quantitative estimate of drug-likeness (QED) is 0.612. The van der Waals surface area contributed by atoms with Gasteiger partial charge >= 0.3 is 0 Å². The molecule has 0 fully saturated rings. The first-order valence-corrected chi connectivity index (χ1v) is 9.31. The molecule has 0 spiro atoms. The van der Waals surface area contributed by atoms with Crippen molar-refractivity contribution in [2.45, 2.75) is 53.0 Å². The molecule has 0 radical (unpaired) electrons. The lowest BCUT2D eigenvalue weighted by Gasteiger charge is -2.31. The third kappa shape index (κ3) is 6.45. The topological polar surface area (TPSA) is 16.1 Å². The Balaban J connectivity index is 1.96. The summed E-state index contributed by atoms with van der Waals surface area (Å²) < 4.78 is 0. The Bertz CT molecular complexity index is 684. The molecule has 2 aromatic rings. The molecule has 1 aromatic heterocycles. The van der Waals surface area contributed by atoms with E-state index in [1.807, 2.05) is 12.1 Å². The maximum Gasteiger partial charge on any atom is 0.129 e. The van der Waals surface area contributed by atoms with E-state index in [2.05, 4.69) is 75.8 Å². The highest BCUT2D eigenvalue weighted by Gasteiger charge is 2.21. The van der Waals surface area contributed by atoms with E-state index < -0.39 is 0 Å². The molecule has 0 amide bonds. The van der Waals surface area contributed by atoms with E-state index in [9.17, 15) is 0 Å². The predicted octanol–water partition coefficient (Wildman–Crippen LogP) is 5.73. The fourth-order valence-electron chi connectivity index (χ4n) is 3.37. The molecule has 0 bridgehead atoms. The Kier molecular flexibility index (Phi) is 6.29. The molecule has 136 valence electrons. The molecular weight excluding hydrogens is 328 g/mol. The Morgan fingerprint density at radius 3 is 2.16 bits per heavy atom. The smallest absolute Gasteiger partial charge is 0.129 e. The van der Waals surface area contributed by atoms with E-state index in [1.54, 1.807) is 6.20 Å². The van der Waals surface area contributed by atoms with Crippen molar-refractivity contribution in [3.05, 3.63) is 64.4 Å². The van der Waals surface area contributed by atoms with E-state index in [4.69, 9.17) is 11.6 Å². The number of benzene rings is 1. The normalized spacial score (nSPS) is 12.6. The first kappa shape index (κ1) is 19.9. The van der Waals surface area contributed by atoms with Gasteiger partial charge in [-0.05, 0) is 53.1 Å². The summed E-state index contributed by atoms with van der Waals surface area (Å²) in [4.78, 5) is 6.41. The number of aromatic nitrogens is 1. The molecule has 1 heterocycles. The molecule has 3 heteroatoms. The Hall–Kier alpha value is -1.38. The first-order chi connectivity index (χ1) is 11.5. The van der Waals surface area contributed by atoms with Crippen molar-refractivity contribution in [1.82, 2.24) is 9.88 Å². The SMILES string of the molecule is CN(Cc1ccnc(Cl)c1)CC(C)(C)Cc1ccc(C(C)(C)C)cc1. The molecule has 0 saturated carbocycles. The average Bonchev–Trinajstić information content (AvgIpc) is 2.45. The standard InChI is InChI=1S/C22H31ClN2/c1-21(2,3)19-9-7-17(8-10-19)14-22(4,5)16-25(6)15-18-11-12-24-20(23)13-18/h7-13H,14-16H2,1-6H3. The van der Waals surface area contributed by atoms with Gasteiger partial charge in [0.1, 0.15) is 5.15 Å². The van der Waals surface area contributed by atoms with Gasteiger partial charge < -0.3 is 4.90 Å². The minimum atomic E-state index is 0.203. The molecular formula is C22H31ClN2. The average molecular weight is 359 g/mol. The van der Waals surface area contributed by atoms with Crippen LogP contribution in [-0.2, 0) is 18.4 Å². The van der Waals surface area contributed by atoms with Crippen molar-refractivity contribution < 1.29 is 0 Å². The van der Waals surface area contributed by atoms with Crippen molar-refractivity contribution in [3.63, 3.8) is 0 Å². The summed E-state index contributed by atoms with van der Waals surface area (Å²) in [5.74, 6) is 0. The third-order valence-corrected chi connectivity index (χ3v) is 4.65. The van der Waals surface area contributed by atoms with Gasteiger partial charge in [-0.15, -0.1) is 0 Å². The fraction of sp³-hybridized carbons (Fsp3) is 0.500. The van der Waals surface area contributed by atoms with Crippen molar-refractivity contribution in [2.75, 3.05) is 13.6 Å². The van der Waals surface area contributed by atoms with Crippen molar-refractivity contribution in [1.29, 1.82) is 0 Å². The predicted molar refractivity (Wildman–Crippen MR) is 108 cm³/mol. The number of pyridine rings is 1. The minimum Gasteiger partial charge on any atom is -0.302 e. The van der Waals surface area contributed by atoms with Crippen LogP contribution in [0, 0.1) is 5.41 Å². The zero-order chi connectivity index (χ0) is 18.7. The zero-order valence-corrected chi connectivity index (χ0v) is 17.2. The fourth-order valence-corrected chi connectivity index (χ4v) is 3.57. The second-order valence-corrected chi connectivity index (χ2v) is 9.33. The highest BCUT2D eigenvalue weighted by molar-refractivity contribution is 6.29. The van der Waals surface area contributed by atoms with Crippen LogP contribution in [0.2, 0.25) is 5.15 Å². The van der Waals surface area contributed by atoms with Crippen LogP contribution >= 0.6 is 11.6 Å². The lowest BCUT2D eigenvalue weighted by molar-refractivity contribution is 0.202. The minimum absolute atomic E-state index is 0.203. The van der Waals surface area contributed by atoms with Crippen LogP contribution in [0.4, 0.5) is 0 Å². The monoisotopic (exact) mass is 358 g/mol. The van der Waals surface area contributed by atoms with E-state index in [0.29, 0.717) is 5.15 Å². The number of hydrogen-bond donors (Lipinski definition) is 0. The summed E-state index contributed by atoms with van der Waals surface area (Å²) in [6, 6.07) is 13.1. The van der Waals surface area contributed by atoms with E-state index >= 15 is 0 Å². The molecule has 0 aliphatic carbocycles. The maximum absolute atomic E-state index is 5.98. The van der Waals surface area contributed by atoms with Crippen LogP contribution in [0.3, 0.4) is 0 Å². The van der Waals surface area contributed by atoms with E-state index in [1.165, 1.54) is 16.7 Å². The van der Waals surface area contributed by atoms with Crippen LogP contribution in [0.1, 0.15) is 51.3 Å². The van der Waals surface area contributed by atoms with Gasteiger partial charge in [0.15, 0.2) is 0 Å². The van der Waals surface area contributed by atoms with Gasteiger partial charge in [-0.1, -0.05) is 70.5 Å². The molecule has 0 aliphatic heterocycles. The Morgan fingerprint density at radius 2 is 1.60 bits per heavy atom.